The predicted molar refractivity (Wildman–Crippen MR) is 113 cm³/mol. The summed E-state index contributed by atoms with van der Waals surface area (Å²) in [5, 5.41) is 14.5. The van der Waals surface area contributed by atoms with Crippen molar-refractivity contribution in [1.82, 2.24) is 14.5 Å². The van der Waals surface area contributed by atoms with E-state index in [9.17, 15) is 9.90 Å². The Kier molecular flexibility index (Phi) is 5.42. The second-order valence-corrected chi connectivity index (χ2v) is 6.73. The number of hydrogen-bond donors (Lipinski definition) is 2. The lowest BCUT2D eigenvalue weighted by Gasteiger charge is -2.09. The fraction of sp³-hybridized carbons (Fsp3) is 0.130. The zero-order valence-corrected chi connectivity index (χ0v) is 15.9. The number of benzene rings is 3. The van der Waals surface area contributed by atoms with E-state index >= 15 is 0 Å². The lowest BCUT2D eigenvalue weighted by Crippen LogP contribution is -2.31. The van der Waals surface area contributed by atoms with E-state index in [1.54, 1.807) is 12.1 Å². The zero-order chi connectivity index (χ0) is 20.1. The van der Waals surface area contributed by atoms with Crippen molar-refractivity contribution >= 4 is 0 Å². The number of hydrogen-bond acceptors (Lipinski definition) is 4. The molecule has 0 spiro atoms. The SMILES string of the molecule is O=c1n(CCc2ccccc2O)nc(-c2ccccc2)n1NCc1ccccc1. The summed E-state index contributed by atoms with van der Waals surface area (Å²) in [6.45, 7) is 0.877. The third kappa shape index (κ3) is 4.21. The first kappa shape index (κ1) is 18.6. The summed E-state index contributed by atoms with van der Waals surface area (Å²) in [7, 11) is 0. The van der Waals surface area contributed by atoms with E-state index in [-0.39, 0.29) is 11.4 Å². The van der Waals surface area contributed by atoms with Crippen molar-refractivity contribution in [3.05, 3.63) is 107 Å². The van der Waals surface area contributed by atoms with Gasteiger partial charge < -0.3 is 10.5 Å². The molecule has 1 heterocycles. The minimum absolute atomic E-state index is 0.227. The standard InChI is InChI=1S/C23H22N4O2/c28-21-14-8-7-11-19(21)15-16-26-23(29)27(24-17-18-9-3-1-4-10-18)22(25-26)20-12-5-2-6-13-20/h1-14,24,28H,15-17H2. The maximum atomic E-state index is 13.0. The van der Waals surface area contributed by atoms with Crippen LogP contribution in [0.3, 0.4) is 0 Å². The van der Waals surface area contributed by atoms with Gasteiger partial charge >= 0.3 is 5.69 Å². The molecule has 0 unspecified atom stereocenters. The highest BCUT2D eigenvalue weighted by Gasteiger charge is 2.15. The summed E-state index contributed by atoms with van der Waals surface area (Å²) in [6, 6.07) is 26.7. The van der Waals surface area contributed by atoms with Gasteiger partial charge in [-0.25, -0.2) is 9.48 Å². The Bertz CT molecular complexity index is 1130. The van der Waals surface area contributed by atoms with Crippen molar-refractivity contribution in [1.29, 1.82) is 0 Å². The van der Waals surface area contributed by atoms with Crippen molar-refractivity contribution in [2.24, 2.45) is 0 Å². The van der Waals surface area contributed by atoms with Crippen LogP contribution in [0.1, 0.15) is 11.1 Å². The average Bonchev–Trinajstić information content (AvgIpc) is 3.08. The number of para-hydroxylation sites is 1. The van der Waals surface area contributed by atoms with Crippen LogP contribution in [0.15, 0.2) is 89.7 Å². The van der Waals surface area contributed by atoms with Gasteiger partial charge in [-0.3, -0.25) is 0 Å². The Morgan fingerprint density at radius 1 is 0.862 bits per heavy atom. The molecule has 0 bridgehead atoms. The molecule has 6 heteroatoms. The molecule has 0 radical (unpaired) electrons. The second-order valence-electron chi connectivity index (χ2n) is 6.73. The minimum Gasteiger partial charge on any atom is -0.508 e. The second kappa shape index (κ2) is 8.48. The van der Waals surface area contributed by atoms with Crippen LogP contribution in [0.25, 0.3) is 11.4 Å². The van der Waals surface area contributed by atoms with Crippen LogP contribution in [-0.2, 0) is 19.5 Å². The van der Waals surface area contributed by atoms with E-state index in [1.165, 1.54) is 9.36 Å². The van der Waals surface area contributed by atoms with E-state index < -0.39 is 0 Å². The molecule has 3 aromatic carbocycles. The lowest BCUT2D eigenvalue weighted by molar-refractivity contribution is 0.463. The Morgan fingerprint density at radius 2 is 1.52 bits per heavy atom. The number of nitrogens with zero attached hydrogens (tertiary/aromatic N) is 3. The molecule has 4 aromatic rings. The highest BCUT2D eigenvalue weighted by atomic mass is 16.3. The van der Waals surface area contributed by atoms with Crippen molar-refractivity contribution in [2.45, 2.75) is 19.5 Å². The average molecular weight is 386 g/mol. The molecule has 0 aliphatic carbocycles. The van der Waals surface area contributed by atoms with Gasteiger partial charge in [-0.1, -0.05) is 78.9 Å². The van der Waals surface area contributed by atoms with Crippen molar-refractivity contribution in [2.75, 3.05) is 5.43 Å². The molecule has 6 nitrogen and oxygen atoms in total. The molecule has 0 fully saturated rings. The minimum atomic E-state index is -0.241. The number of phenols is 1. The van der Waals surface area contributed by atoms with Crippen molar-refractivity contribution in [3.8, 4) is 17.1 Å². The van der Waals surface area contributed by atoms with Crippen LogP contribution in [-0.4, -0.2) is 19.6 Å². The van der Waals surface area contributed by atoms with Gasteiger partial charge in [-0.15, -0.1) is 5.10 Å². The summed E-state index contributed by atoms with van der Waals surface area (Å²) in [5.41, 5.74) is 5.66. The van der Waals surface area contributed by atoms with Gasteiger partial charge in [0, 0.05) is 5.56 Å². The summed E-state index contributed by atoms with van der Waals surface area (Å²) in [6.07, 6.45) is 0.510. The molecule has 146 valence electrons. The Balaban J connectivity index is 1.63. The van der Waals surface area contributed by atoms with Crippen molar-refractivity contribution in [3.63, 3.8) is 0 Å². The summed E-state index contributed by atoms with van der Waals surface area (Å²) in [5.74, 6) is 0.786. The molecule has 0 amide bonds. The topological polar surface area (TPSA) is 72.1 Å². The van der Waals surface area contributed by atoms with E-state index in [4.69, 9.17) is 0 Å². The number of rotatable bonds is 7. The van der Waals surface area contributed by atoms with Gasteiger partial charge in [0.25, 0.3) is 0 Å². The molecule has 2 N–H and O–H groups in total. The van der Waals surface area contributed by atoms with Gasteiger partial charge in [0.15, 0.2) is 5.82 Å². The lowest BCUT2D eigenvalue weighted by atomic mass is 10.1. The van der Waals surface area contributed by atoms with E-state index in [0.717, 1.165) is 16.7 Å². The van der Waals surface area contributed by atoms with Crippen LogP contribution in [0.4, 0.5) is 0 Å². The molecule has 0 atom stereocenters. The largest absolute Gasteiger partial charge is 0.508 e. The first-order valence-corrected chi connectivity index (χ1v) is 9.52. The Labute approximate surface area is 168 Å². The number of nitrogens with one attached hydrogen (secondary N) is 1. The van der Waals surface area contributed by atoms with Gasteiger partial charge in [0.05, 0.1) is 13.1 Å². The zero-order valence-electron chi connectivity index (χ0n) is 15.9. The molecular weight excluding hydrogens is 364 g/mol. The van der Waals surface area contributed by atoms with Crippen molar-refractivity contribution < 1.29 is 5.11 Å². The molecule has 1 aromatic heterocycles. The highest BCUT2D eigenvalue weighted by Crippen LogP contribution is 2.17. The fourth-order valence-electron chi connectivity index (χ4n) is 3.18. The van der Waals surface area contributed by atoms with Crippen LogP contribution >= 0.6 is 0 Å². The third-order valence-corrected chi connectivity index (χ3v) is 4.74. The van der Waals surface area contributed by atoms with Gasteiger partial charge in [-0.05, 0) is 23.6 Å². The highest BCUT2D eigenvalue weighted by molar-refractivity contribution is 5.54. The molecule has 4 rings (SSSR count). The Hall–Kier alpha value is -3.80. The molecule has 29 heavy (non-hydrogen) atoms. The molecular formula is C23H22N4O2. The third-order valence-electron chi connectivity index (χ3n) is 4.74. The number of phenolic OH excluding ortho intramolecular Hbond substituents is 1. The van der Waals surface area contributed by atoms with Crippen LogP contribution in [0.5, 0.6) is 5.75 Å². The van der Waals surface area contributed by atoms with Crippen LogP contribution in [0, 0.1) is 0 Å². The first-order chi connectivity index (χ1) is 14.2. The van der Waals surface area contributed by atoms with Gasteiger partial charge in [0.2, 0.25) is 0 Å². The molecule has 0 aliphatic rings. The molecule has 0 saturated heterocycles. The molecule has 0 aliphatic heterocycles. The van der Waals surface area contributed by atoms with E-state index in [0.29, 0.717) is 25.3 Å². The predicted octanol–water partition coefficient (Wildman–Crippen LogP) is 3.40. The van der Waals surface area contributed by atoms with Crippen LogP contribution < -0.4 is 11.1 Å². The van der Waals surface area contributed by atoms with Gasteiger partial charge in [-0.2, -0.15) is 4.68 Å². The maximum Gasteiger partial charge on any atom is 0.365 e. The monoisotopic (exact) mass is 386 g/mol. The molecule has 0 saturated carbocycles. The summed E-state index contributed by atoms with van der Waals surface area (Å²) >= 11 is 0. The quantitative estimate of drug-likeness (QED) is 0.511. The summed E-state index contributed by atoms with van der Waals surface area (Å²) in [4.78, 5) is 13.0. The summed E-state index contributed by atoms with van der Waals surface area (Å²) < 4.78 is 2.93. The maximum absolute atomic E-state index is 13.0. The van der Waals surface area contributed by atoms with E-state index in [1.807, 2.05) is 72.8 Å². The number of aryl methyl sites for hydroxylation is 2. The van der Waals surface area contributed by atoms with Gasteiger partial charge in [0.1, 0.15) is 5.75 Å². The Morgan fingerprint density at radius 3 is 2.24 bits per heavy atom. The first-order valence-electron chi connectivity index (χ1n) is 9.52. The number of aromatic nitrogens is 3. The van der Waals surface area contributed by atoms with Crippen LogP contribution in [0.2, 0.25) is 0 Å². The number of aromatic hydroxyl groups is 1. The fourth-order valence-corrected chi connectivity index (χ4v) is 3.18. The normalized spacial score (nSPS) is 10.8. The van der Waals surface area contributed by atoms with E-state index in [2.05, 4.69) is 10.5 Å². The smallest absolute Gasteiger partial charge is 0.365 e.